The fraction of sp³-hybridized carbons (Fsp3) is 0.867. The van der Waals surface area contributed by atoms with Crippen molar-refractivity contribution in [2.75, 3.05) is 6.54 Å². The summed E-state index contributed by atoms with van der Waals surface area (Å²) in [6, 6.07) is 0.178. The van der Waals surface area contributed by atoms with Crippen LogP contribution < -0.4 is 11.1 Å². The van der Waals surface area contributed by atoms with Gasteiger partial charge in [0.2, 0.25) is 0 Å². The van der Waals surface area contributed by atoms with Crippen molar-refractivity contribution >= 4 is 0 Å². The summed E-state index contributed by atoms with van der Waals surface area (Å²) in [4.78, 5) is 0. The maximum absolute atomic E-state index is 6.03. The van der Waals surface area contributed by atoms with Gasteiger partial charge in [-0.3, -0.25) is 5.32 Å². The topological polar surface area (TPSA) is 38.0 Å². The predicted molar refractivity (Wildman–Crippen MR) is 74.7 cm³/mol. The average molecular weight is 236 g/mol. The lowest BCUT2D eigenvalue weighted by molar-refractivity contribution is 0.118. The maximum Gasteiger partial charge on any atom is 0.0691 e. The Morgan fingerprint density at radius 2 is 2.12 bits per heavy atom. The van der Waals surface area contributed by atoms with Gasteiger partial charge in [-0.2, -0.15) is 0 Å². The lowest BCUT2D eigenvalue weighted by Crippen LogP contribution is -2.58. The van der Waals surface area contributed by atoms with Crippen molar-refractivity contribution in [2.45, 2.75) is 70.9 Å². The van der Waals surface area contributed by atoms with Gasteiger partial charge < -0.3 is 5.73 Å². The van der Waals surface area contributed by atoms with Crippen molar-refractivity contribution in [1.82, 2.24) is 5.32 Å². The van der Waals surface area contributed by atoms with Crippen molar-refractivity contribution in [3.63, 3.8) is 0 Å². The van der Waals surface area contributed by atoms with Crippen LogP contribution in [0.1, 0.15) is 59.3 Å². The molecule has 0 aromatic heterocycles. The minimum Gasteiger partial charge on any atom is -0.329 e. The summed E-state index contributed by atoms with van der Waals surface area (Å²) in [7, 11) is 0. The van der Waals surface area contributed by atoms with Gasteiger partial charge in [0.1, 0.15) is 0 Å². The lowest BCUT2D eigenvalue weighted by atomic mass is 9.68. The van der Waals surface area contributed by atoms with E-state index in [0.717, 1.165) is 25.7 Å². The van der Waals surface area contributed by atoms with Crippen LogP contribution in [0.2, 0.25) is 0 Å². The highest BCUT2D eigenvalue weighted by atomic mass is 15.0. The van der Waals surface area contributed by atoms with Crippen LogP contribution in [-0.4, -0.2) is 18.1 Å². The second-order valence-electron chi connectivity index (χ2n) is 6.33. The first-order valence-corrected chi connectivity index (χ1v) is 6.91. The van der Waals surface area contributed by atoms with E-state index < -0.39 is 0 Å². The van der Waals surface area contributed by atoms with E-state index in [1.54, 1.807) is 0 Å². The molecule has 98 valence electrons. The molecular formula is C15H28N2. The van der Waals surface area contributed by atoms with Crippen molar-refractivity contribution in [3.05, 3.63) is 0 Å². The van der Waals surface area contributed by atoms with Crippen LogP contribution in [-0.2, 0) is 0 Å². The summed E-state index contributed by atoms with van der Waals surface area (Å²) in [5.41, 5.74) is 6.48. The molecule has 1 rings (SSSR count). The summed E-state index contributed by atoms with van der Waals surface area (Å²) in [6.45, 7) is 7.54. The van der Waals surface area contributed by atoms with E-state index in [0.29, 0.717) is 12.0 Å². The summed E-state index contributed by atoms with van der Waals surface area (Å²) >= 11 is 0. The van der Waals surface area contributed by atoms with Crippen molar-refractivity contribution in [2.24, 2.45) is 11.1 Å². The molecule has 1 fully saturated rings. The van der Waals surface area contributed by atoms with Crippen LogP contribution in [0.5, 0.6) is 0 Å². The summed E-state index contributed by atoms with van der Waals surface area (Å²) in [6.07, 6.45) is 12.6. The summed E-state index contributed by atoms with van der Waals surface area (Å²) in [5, 5.41) is 3.66. The first kappa shape index (κ1) is 14.5. The van der Waals surface area contributed by atoms with Gasteiger partial charge in [-0.15, -0.1) is 6.42 Å². The van der Waals surface area contributed by atoms with E-state index in [2.05, 4.69) is 32.0 Å². The van der Waals surface area contributed by atoms with Crippen molar-refractivity contribution in [1.29, 1.82) is 0 Å². The van der Waals surface area contributed by atoms with Gasteiger partial charge in [0.25, 0.3) is 0 Å². The van der Waals surface area contributed by atoms with Gasteiger partial charge in [0.15, 0.2) is 0 Å². The van der Waals surface area contributed by atoms with E-state index >= 15 is 0 Å². The van der Waals surface area contributed by atoms with Gasteiger partial charge in [-0.25, -0.2) is 0 Å². The number of hydrogen-bond acceptors (Lipinski definition) is 2. The number of hydrogen-bond donors (Lipinski definition) is 2. The van der Waals surface area contributed by atoms with Crippen molar-refractivity contribution in [3.8, 4) is 12.3 Å². The molecule has 0 aromatic carbocycles. The Kier molecular flexibility index (Phi) is 5.04. The van der Waals surface area contributed by atoms with E-state index in [1.807, 2.05) is 0 Å². The van der Waals surface area contributed by atoms with Gasteiger partial charge >= 0.3 is 0 Å². The molecule has 0 radical (unpaired) electrons. The highest BCUT2D eigenvalue weighted by molar-refractivity contribution is 5.06. The normalized spacial score (nSPS) is 29.6. The Hall–Kier alpha value is -0.520. The van der Waals surface area contributed by atoms with Crippen LogP contribution in [0.3, 0.4) is 0 Å². The van der Waals surface area contributed by atoms with E-state index in [9.17, 15) is 0 Å². The molecule has 2 unspecified atom stereocenters. The molecule has 0 heterocycles. The molecule has 0 spiro atoms. The highest BCUT2D eigenvalue weighted by Crippen LogP contribution is 2.40. The van der Waals surface area contributed by atoms with Crippen LogP contribution in [0.4, 0.5) is 0 Å². The fourth-order valence-corrected chi connectivity index (χ4v) is 3.21. The third kappa shape index (κ3) is 4.01. The Morgan fingerprint density at radius 3 is 2.59 bits per heavy atom. The number of nitrogens with two attached hydrogens (primary N) is 1. The Labute approximate surface area is 107 Å². The smallest absolute Gasteiger partial charge is 0.0691 e. The molecule has 2 nitrogen and oxygen atoms in total. The maximum atomic E-state index is 6.03. The molecule has 2 heteroatoms. The zero-order chi connectivity index (χ0) is 12.9. The zero-order valence-electron chi connectivity index (χ0n) is 11.7. The predicted octanol–water partition coefficient (Wildman–Crippen LogP) is 2.68. The standard InChI is InChI=1S/C15H28N2/c1-5-8-13(6-2)17-15(12-16)10-7-9-14(3,4)11-15/h2,13,17H,5,7-12,16H2,1,3-4H3. The molecule has 1 aliphatic rings. The minimum atomic E-state index is 0.0634. The van der Waals surface area contributed by atoms with Gasteiger partial charge in [-0.1, -0.05) is 39.5 Å². The minimum absolute atomic E-state index is 0.0634. The molecule has 0 amide bonds. The first-order chi connectivity index (χ1) is 7.97. The highest BCUT2D eigenvalue weighted by Gasteiger charge is 2.39. The van der Waals surface area contributed by atoms with Gasteiger partial charge in [0.05, 0.1) is 6.04 Å². The monoisotopic (exact) mass is 236 g/mol. The summed E-state index contributed by atoms with van der Waals surface area (Å²) in [5.74, 6) is 2.87. The lowest BCUT2D eigenvalue weighted by Gasteiger charge is -2.46. The number of terminal acetylenes is 1. The second-order valence-corrected chi connectivity index (χ2v) is 6.33. The number of nitrogens with one attached hydrogen (secondary N) is 1. The molecule has 3 N–H and O–H groups in total. The van der Waals surface area contributed by atoms with Crippen LogP contribution in [0, 0.1) is 17.8 Å². The summed E-state index contributed by atoms with van der Waals surface area (Å²) < 4.78 is 0. The molecule has 0 aliphatic heterocycles. The Bertz CT molecular complexity index is 277. The van der Waals surface area contributed by atoms with E-state index in [4.69, 9.17) is 12.2 Å². The fourth-order valence-electron chi connectivity index (χ4n) is 3.21. The van der Waals surface area contributed by atoms with E-state index in [1.165, 1.54) is 12.8 Å². The largest absolute Gasteiger partial charge is 0.329 e. The third-order valence-corrected chi connectivity index (χ3v) is 3.98. The molecular weight excluding hydrogens is 208 g/mol. The van der Waals surface area contributed by atoms with Crippen LogP contribution >= 0.6 is 0 Å². The van der Waals surface area contributed by atoms with Gasteiger partial charge in [0, 0.05) is 12.1 Å². The number of rotatable bonds is 5. The Balaban J connectivity index is 2.71. The van der Waals surface area contributed by atoms with E-state index in [-0.39, 0.29) is 11.6 Å². The third-order valence-electron chi connectivity index (χ3n) is 3.98. The Morgan fingerprint density at radius 1 is 1.41 bits per heavy atom. The molecule has 0 saturated heterocycles. The zero-order valence-corrected chi connectivity index (χ0v) is 11.7. The van der Waals surface area contributed by atoms with Crippen molar-refractivity contribution < 1.29 is 0 Å². The van der Waals surface area contributed by atoms with Gasteiger partial charge in [-0.05, 0) is 31.1 Å². The van der Waals surface area contributed by atoms with Crippen LogP contribution in [0.15, 0.2) is 0 Å². The van der Waals surface area contributed by atoms with Crippen LogP contribution in [0.25, 0.3) is 0 Å². The molecule has 0 aromatic rings. The quantitative estimate of drug-likeness (QED) is 0.720. The second kappa shape index (κ2) is 5.89. The molecule has 17 heavy (non-hydrogen) atoms. The molecule has 2 atom stereocenters. The molecule has 1 aliphatic carbocycles. The molecule has 1 saturated carbocycles. The molecule has 0 bridgehead atoms. The SMILES string of the molecule is C#CC(CCC)NC1(CN)CCCC(C)(C)C1. The average Bonchev–Trinajstić information content (AvgIpc) is 2.27. The first-order valence-electron chi connectivity index (χ1n) is 6.91.